The van der Waals surface area contributed by atoms with Crippen molar-refractivity contribution in [3.8, 4) is 0 Å². The van der Waals surface area contributed by atoms with Crippen molar-refractivity contribution >= 4 is 0 Å². The average Bonchev–Trinajstić information content (AvgIpc) is 2.20. The van der Waals surface area contributed by atoms with Gasteiger partial charge in [-0.05, 0) is 24.6 Å². The Balaban J connectivity index is 2.16. The second-order valence-corrected chi connectivity index (χ2v) is 3.73. The average molecular weight is 194 g/mol. The lowest BCUT2D eigenvalue weighted by atomic mass is 9.99. The van der Waals surface area contributed by atoms with Gasteiger partial charge >= 0.3 is 0 Å². The molecule has 1 saturated heterocycles. The Bertz CT molecular complexity index is 297. The molecule has 1 aromatic rings. The van der Waals surface area contributed by atoms with E-state index >= 15 is 0 Å². The van der Waals surface area contributed by atoms with Gasteiger partial charge in [0.25, 0.3) is 0 Å². The van der Waals surface area contributed by atoms with Crippen LogP contribution in [0.4, 0.5) is 4.39 Å². The van der Waals surface area contributed by atoms with E-state index in [9.17, 15) is 4.39 Å². The molecule has 0 amide bonds. The van der Waals surface area contributed by atoms with Gasteiger partial charge in [0, 0.05) is 25.2 Å². The molecule has 0 unspecified atom stereocenters. The van der Waals surface area contributed by atoms with Crippen LogP contribution in [0.2, 0.25) is 0 Å². The van der Waals surface area contributed by atoms with Crippen LogP contribution in [0, 0.1) is 5.82 Å². The van der Waals surface area contributed by atoms with E-state index < -0.39 is 0 Å². The minimum Gasteiger partial charge on any atom is -0.311 e. The zero-order chi connectivity index (χ0) is 9.97. The van der Waals surface area contributed by atoms with E-state index in [1.54, 1.807) is 0 Å². The molecule has 1 aromatic carbocycles. The highest BCUT2D eigenvalue weighted by molar-refractivity contribution is 5.21. The maximum atomic E-state index is 12.7. The molecule has 0 spiro atoms. The molecule has 2 nitrogen and oxygen atoms in total. The molecule has 3 heteroatoms. The molecule has 1 fully saturated rings. The summed E-state index contributed by atoms with van der Waals surface area (Å²) in [6.45, 7) is 4.10. The van der Waals surface area contributed by atoms with E-state index in [0.29, 0.717) is 12.1 Å². The van der Waals surface area contributed by atoms with E-state index in [-0.39, 0.29) is 5.82 Å². The van der Waals surface area contributed by atoms with Crippen LogP contribution in [0.5, 0.6) is 0 Å². The molecular weight excluding hydrogens is 179 g/mol. The van der Waals surface area contributed by atoms with Crippen LogP contribution in [0.3, 0.4) is 0 Å². The normalized spacial score (nSPS) is 27.6. The first-order valence-electron chi connectivity index (χ1n) is 4.99. The molecule has 0 saturated carbocycles. The minimum atomic E-state index is -0.176. The monoisotopic (exact) mass is 194 g/mol. The molecule has 2 N–H and O–H groups in total. The lowest BCUT2D eigenvalue weighted by molar-refractivity contribution is 0.345. The van der Waals surface area contributed by atoms with E-state index in [1.165, 1.54) is 12.1 Å². The van der Waals surface area contributed by atoms with Gasteiger partial charge in [0.15, 0.2) is 0 Å². The molecule has 1 aliphatic heterocycles. The molecule has 0 radical (unpaired) electrons. The lowest BCUT2D eigenvalue weighted by Gasteiger charge is -2.31. The highest BCUT2D eigenvalue weighted by Gasteiger charge is 2.21. The van der Waals surface area contributed by atoms with Crippen molar-refractivity contribution in [2.24, 2.45) is 0 Å². The molecule has 14 heavy (non-hydrogen) atoms. The van der Waals surface area contributed by atoms with Gasteiger partial charge in [0.2, 0.25) is 0 Å². The Morgan fingerprint density at radius 1 is 1.14 bits per heavy atom. The summed E-state index contributed by atoms with van der Waals surface area (Å²) in [5.74, 6) is -0.176. The fraction of sp³-hybridized carbons (Fsp3) is 0.455. The Kier molecular flexibility index (Phi) is 2.79. The van der Waals surface area contributed by atoms with Crippen molar-refractivity contribution < 1.29 is 4.39 Å². The van der Waals surface area contributed by atoms with Gasteiger partial charge in [0.05, 0.1) is 0 Å². The Hall–Kier alpha value is -0.930. The third-order valence-corrected chi connectivity index (χ3v) is 2.68. The zero-order valence-corrected chi connectivity index (χ0v) is 8.26. The van der Waals surface area contributed by atoms with Crippen LogP contribution in [-0.4, -0.2) is 19.1 Å². The number of halogens is 1. The van der Waals surface area contributed by atoms with Crippen LogP contribution < -0.4 is 10.6 Å². The Morgan fingerprint density at radius 3 is 2.43 bits per heavy atom. The molecule has 76 valence electrons. The predicted molar refractivity (Wildman–Crippen MR) is 54.6 cm³/mol. The molecule has 2 atom stereocenters. The summed E-state index contributed by atoms with van der Waals surface area (Å²) in [6.07, 6.45) is 0. The number of rotatable bonds is 1. The fourth-order valence-electron chi connectivity index (χ4n) is 1.90. The summed E-state index contributed by atoms with van der Waals surface area (Å²) in [5.41, 5.74) is 1.14. The molecular formula is C11H15FN2. The standard InChI is InChI=1S/C11H15FN2/c1-8-11(14-7-6-13-8)9-2-4-10(12)5-3-9/h2-5,8,11,13-14H,6-7H2,1H3/t8-,11+/m1/s1. The lowest BCUT2D eigenvalue weighted by Crippen LogP contribution is -2.48. The summed E-state index contributed by atoms with van der Waals surface area (Å²) in [6, 6.07) is 7.41. The third kappa shape index (κ3) is 1.94. The van der Waals surface area contributed by atoms with Crippen LogP contribution in [0.15, 0.2) is 24.3 Å². The van der Waals surface area contributed by atoms with Crippen molar-refractivity contribution in [2.75, 3.05) is 13.1 Å². The van der Waals surface area contributed by atoms with E-state index in [4.69, 9.17) is 0 Å². The highest BCUT2D eigenvalue weighted by Crippen LogP contribution is 2.18. The van der Waals surface area contributed by atoms with Crippen LogP contribution in [-0.2, 0) is 0 Å². The number of piperazine rings is 1. The predicted octanol–water partition coefficient (Wildman–Crippen LogP) is 1.45. The topological polar surface area (TPSA) is 24.1 Å². The van der Waals surface area contributed by atoms with E-state index in [1.807, 2.05) is 12.1 Å². The van der Waals surface area contributed by atoms with Crippen LogP contribution in [0.1, 0.15) is 18.5 Å². The number of hydrogen-bond acceptors (Lipinski definition) is 2. The second kappa shape index (κ2) is 4.07. The van der Waals surface area contributed by atoms with Gasteiger partial charge in [-0.3, -0.25) is 0 Å². The second-order valence-electron chi connectivity index (χ2n) is 3.73. The molecule has 0 bridgehead atoms. The first kappa shape index (κ1) is 9.62. The molecule has 1 heterocycles. The van der Waals surface area contributed by atoms with Gasteiger partial charge in [-0.15, -0.1) is 0 Å². The van der Waals surface area contributed by atoms with Crippen molar-refractivity contribution in [1.29, 1.82) is 0 Å². The van der Waals surface area contributed by atoms with Crippen LogP contribution in [0.25, 0.3) is 0 Å². The number of hydrogen-bond donors (Lipinski definition) is 2. The van der Waals surface area contributed by atoms with Gasteiger partial charge in [-0.1, -0.05) is 12.1 Å². The van der Waals surface area contributed by atoms with Crippen molar-refractivity contribution in [3.63, 3.8) is 0 Å². The van der Waals surface area contributed by atoms with Gasteiger partial charge in [-0.2, -0.15) is 0 Å². The smallest absolute Gasteiger partial charge is 0.123 e. The molecule has 0 aliphatic carbocycles. The summed E-state index contributed by atoms with van der Waals surface area (Å²) < 4.78 is 12.7. The van der Waals surface area contributed by atoms with E-state index in [0.717, 1.165) is 18.7 Å². The van der Waals surface area contributed by atoms with E-state index in [2.05, 4.69) is 17.6 Å². The summed E-state index contributed by atoms with van der Waals surface area (Å²) in [7, 11) is 0. The molecule has 0 aromatic heterocycles. The maximum Gasteiger partial charge on any atom is 0.123 e. The molecule has 1 aliphatic rings. The first-order valence-corrected chi connectivity index (χ1v) is 4.99. The number of nitrogens with one attached hydrogen (secondary N) is 2. The summed E-state index contributed by atoms with van der Waals surface area (Å²) >= 11 is 0. The highest BCUT2D eigenvalue weighted by atomic mass is 19.1. The first-order chi connectivity index (χ1) is 6.77. The van der Waals surface area contributed by atoms with Gasteiger partial charge in [0.1, 0.15) is 5.82 Å². The fourth-order valence-corrected chi connectivity index (χ4v) is 1.90. The largest absolute Gasteiger partial charge is 0.311 e. The van der Waals surface area contributed by atoms with Crippen LogP contribution >= 0.6 is 0 Å². The van der Waals surface area contributed by atoms with Crippen molar-refractivity contribution in [2.45, 2.75) is 19.0 Å². The van der Waals surface area contributed by atoms with Crippen molar-refractivity contribution in [3.05, 3.63) is 35.6 Å². The quantitative estimate of drug-likeness (QED) is 0.707. The SMILES string of the molecule is C[C@H]1NCCN[C@@H]1c1ccc(F)cc1. The Labute approximate surface area is 83.5 Å². The summed E-state index contributed by atoms with van der Waals surface area (Å²) in [5, 5.41) is 6.81. The zero-order valence-electron chi connectivity index (χ0n) is 8.26. The van der Waals surface area contributed by atoms with Gasteiger partial charge < -0.3 is 10.6 Å². The minimum absolute atomic E-state index is 0.176. The van der Waals surface area contributed by atoms with Gasteiger partial charge in [-0.25, -0.2) is 4.39 Å². The maximum absolute atomic E-state index is 12.7. The summed E-state index contributed by atoms with van der Waals surface area (Å²) in [4.78, 5) is 0. The van der Waals surface area contributed by atoms with Crippen molar-refractivity contribution in [1.82, 2.24) is 10.6 Å². The molecule has 2 rings (SSSR count). The Morgan fingerprint density at radius 2 is 1.79 bits per heavy atom. The number of benzene rings is 1. The third-order valence-electron chi connectivity index (χ3n) is 2.68.